The number of anilines is 1. The molecule has 39 heavy (non-hydrogen) atoms. The summed E-state index contributed by atoms with van der Waals surface area (Å²) in [6.07, 6.45) is 0.734. The summed E-state index contributed by atoms with van der Waals surface area (Å²) in [6, 6.07) is 21.2. The van der Waals surface area contributed by atoms with E-state index < -0.39 is 28.5 Å². The summed E-state index contributed by atoms with van der Waals surface area (Å²) in [4.78, 5) is 28.5. The van der Waals surface area contributed by atoms with Gasteiger partial charge < -0.3 is 15.0 Å². The van der Waals surface area contributed by atoms with Crippen molar-refractivity contribution in [2.45, 2.75) is 50.7 Å². The second-order valence-electron chi connectivity index (χ2n) is 9.17. The summed E-state index contributed by atoms with van der Waals surface area (Å²) in [6.45, 7) is 5.11. The normalized spacial score (nSPS) is 12.7. The molecule has 2 atom stereocenters. The van der Waals surface area contributed by atoms with Crippen molar-refractivity contribution in [1.29, 1.82) is 0 Å². The van der Waals surface area contributed by atoms with Crippen molar-refractivity contribution in [3.63, 3.8) is 0 Å². The molecule has 10 heteroatoms. The Morgan fingerprint density at radius 2 is 1.64 bits per heavy atom. The first-order valence-corrected chi connectivity index (χ1v) is 15.1. The zero-order valence-electron chi connectivity index (χ0n) is 22.5. The third-order valence-corrected chi connectivity index (χ3v) is 8.89. The maximum absolute atomic E-state index is 13.9. The molecule has 0 saturated heterocycles. The van der Waals surface area contributed by atoms with E-state index in [2.05, 4.69) is 27.9 Å². The second-order valence-corrected chi connectivity index (χ2v) is 12.3. The predicted octanol–water partition coefficient (Wildman–Crippen LogP) is 4.83. The number of ether oxygens (including phenoxy) is 1. The molecule has 0 fully saturated rings. The van der Waals surface area contributed by atoms with E-state index in [0.717, 1.165) is 19.9 Å². The topological polar surface area (TPSA) is 96.0 Å². The lowest BCUT2D eigenvalue weighted by atomic mass is 10.1. The van der Waals surface area contributed by atoms with Crippen LogP contribution in [0.3, 0.4) is 0 Å². The Morgan fingerprint density at radius 1 is 0.974 bits per heavy atom. The quantitative estimate of drug-likeness (QED) is 0.281. The molecular weight excluding hydrogens is 629 g/mol. The highest BCUT2D eigenvalue weighted by Crippen LogP contribution is 2.25. The van der Waals surface area contributed by atoms with E-state index in [1.807, 2.05) is 19.9 Å². The van der Waals surface area contributed by atoms with Crippen LogP contribution < -0.4 is 14.4 Å². The van der Waals surface area contributed by atoms with Crippen LogP contribution >= 0.6 is 22.6 Å². The van der Waals surface area contributed by atoms with Gasteiger partial charge in [0.15, 0.2) is 0 Å². The van der Waals surface area contributed by atoms with Gasteiger partial charge in [-0.1, -0.05) is 37.3 Å². The number of rotatable bonds is 12. The van der Waals surface area contributed by atoms with Crippen LogP contribution in [0.25, 0.3) is 0 Å². The van der Waals surface area contributed by atoms with Crippen molar-refractivity contribution in [3.8, 4) is 5.75 Å². The lowest BCUT2D eigenvalue weighted by Gasteiger charge is -2.32. The highest BCUT2D eigenvalue weighted by molar-refractivity contribution is 14.1. The molecule has 0 unspecified atom stereocenters. The molecule has 0 spiro atoms. The fraction of sp³-hybridized carbons (Fsp3) is 0.310. The molecule has 0 bridgehead atoms. The molecular formula is C29H34IN3O5S. The number of sulfonamides is 1. The van der Waals surface area contributed by atoms with E-state index in [4.69, 9.17) is 4.74 Å². The number of halogens is 1. The van der Waals surface area contributed by atoms with Gasteiger partial charge in [0, 0.05) is 16.2 Å². The molecule has 3 rings (SSSR count). The van der Waals surface area contributed by atoms with Crippen molar-refractivity contribution >= 4 is 50.1 Å². The average molecular weight is 664 g/mol. The maximum Gasteiger partial charge on any atom is 0.264 e. The molecule has 8 nitrogen and oxygen atoms in total. The Bertz CT molecular complexity index is 1370. The smallest absolute Gasteiger partial charge is 0.264 e. The van der Waals surface area contributed by atoms with E-state index in [1.165, 1.54) is 17.0 Å². The number of nitrogens with one attached hydrogen (secondary N) is 1. The van der Waals surface area contributed by atoms with Gasteiger partial charge >= 0.3 is 0 Å². The molecule has 0 aliphatic heterocycles. The molecule has 0 aliphatic rings. The zero-order chi connectivity index (χ0) is 28.6. The van der Waals surface area contributed by atoms with Crippen LogP contribution in [0, 0.1) is 3.57 Å². The van der Waals surface area contributed by atoms with Crippen LogP contribution in [0.2, 0.25) is 0 Å². The number of amides is 2. The summed E-state index contributed by atoms with van der Waals surface area (Å²) < 4.78 is 34.9. The second kappa shape index (κ2) is 13.8. The molecule has 0 saturated carbocycles. The lowest BCUT2D eigenvalue weighted by molar-refractivity contribution is -0.139. The average Bonchev–Trinajstić information content (AvgIpc) is 2.95. The molecule has 2 amide bonds. The van der Waals surface area contributed by atoms with E-state index >= 15 is 0 Å². The minimum Gasteiger partial charge on any atom is -0.497 e. The largest absolute Gasteiger partial charge is 0.497 e. The van der Waals surface area contributed by atoms with Crippen molar-refractivity contribution in [3.05, 3.63) is 88.0 Å². The van der Waals surface area contributed by atoms with Gasteiger partial charge in [0.1, 0.15) is 18.3 Å². The van der Waals surface area contributed by atoms with Gasteiger partial charge in [0.2, 0.25) is 11.8 Å². The molecule has 0 aromatic heterocycles. The molecule has 1 N–H and O–H groups in total. The minimum atomic E-state index is -4.09. The first-order valence-electron chi connectivity index (χ1n) is 12.6. The summed E-state index contributed by atoms with van der Waals surface area (Å²) in [5.74, 6) is -0.209. The Hall–Kier alpha value is -3.12. The Balaban J connectivity index is 2.01. The third-order valence-electron chi connectivity index (χ3n) is 6.38. The number of benzene rings is 3. The SMILES string of the molecule is CC[C@@H](C)NC(=O)[C@H](C)N(Cc1cccc(OC)c1)C(=O)CN(c1ccc(I)cc1)S(=O)(=O)c1ccccc1. The first kappa shape index (κ1) is 30.4. The van der Waals surface area contributed by atoms with Gasteiger partial charge in [-0.05, 0) is 97.0 Å². The molecule has 3 aromatic rings. The van der Waals surface area contributed by atoms with Crippen molar-refractivity contribution < 1.29 is 22.7 Å². The van der Waals surface area contributed by atoms with Crippen LogP contribution in [-0.4, -0.2) is 50.9 Å². The van der Waals surface area contributed by atoms with Gasteiger partial charge in [0.25, 0.3) is 10.0 Å². The van der Waals surface area contributed by atoms with Crippen LogP contribution in [0.1, 0.15) is 32.8 Å². The molecule has 3 aromatic carbocycles. The van der Waals surface area contributed by atoms with Gasteiger partial charge in [-0.3, -0.25) is 13.9 Å². The fourth-order valence-corrected chi connectivity index (χ4v) is 5.67. The highest BCUT2D eigenvalue weighted by Gasteiger charge is 2.32. The molecule has 208 valence electrons. The highest BCUT2D eigenvalue weighted by atomic mass is 127. The Morgan fingerprint density at radius 3 is 2.26 bits per heavy atom. The zero-order valence-corrected chi connectivity index (χ0v) is 25.5. The number of hydrogen-bond acceptors (Lipinski definition) is 5. The number of carbonyl (C=O) groups excluding carboxylic acids is 2. The van der Waals surface area contributed by atoms with Gasteiger partial charge in [-0.2, -0.15) is 0 Å². The van der Waals surface area contributed by atoms with Crippen LogP contribution in [0.4, 0.5) is 5.69 Å². The minimum absolute atomic E-state index is 0.0678. The standard InChI is InChI=1S/C29H34IN3O5S/c1-5-21(2)31-29(35)22(3)32(19-23-10-9-11-26(18-23)38-4)28(34)20-33(25-16-14-24(30)15-17-25)39(36,37)27-12-7-6-8-13-27/h6-18,21-22H,5,19-20H2,1-4H3,(H,31,35)/t21-,22+/m1/s1. The summed E-state index contributed by atoms with van der Waals surface area (Å²) in [7, 11) is -2.53. The number of hydrogen-bond donors (Lipinski definition) is 1. The monoisotopic (exact) mass is 663 g/mol. The van der Waals surface area contributed by atoms with Crippen molar-refractivity contribution in [1.82, 2.24) is 10.2 Å². The van der Waals surface area contributed by atoms with E-state index in [0.29, 0.717) is 11.4 Å². The molecule has 0 aliphatic carbocycles. The number of methoxy groups -OCH3 is 1. The number of carbonyl (C=O) groups is 2. The third kappa shape index (κ3) is 7.95. The van der Waals surface area contributed by atoms with Crippen molar-refractivity contribution in [2.24, 2.45) is 0 Å². The summed E-state index contributed by atoms with van der Waals surface area (Å²) >= 11 is 2.14. The molecule has 0 radical (unpaired) electrons. The van der Waals surface area contributed by atoms with E-state index in [9.17, 15) is 18.0 Å². The fourth-order valence-electron chi connectivity index (χ4n) is 3.87. The van der Waals surface area contributed by atoms with Crippen LogP contribution in [0.5, 0.6) is 5.75 Å². The summed E-state index contributed by atoms with van der Waals surface area (Å²) in [5, 5.41) is 2.93. The maximum atomic E-state index is 13.9. The predicted molar refractivity (Wildman–Crippen MR) is 161 cm³/mol. The van der Waals surface area contributed by atoms with Gasteiger partial charge in [0.05, 0.1) is 17.7 Å². The lowest BCUT2D eigenvalue weighted by Crippen LogP contribution is -2.52. The van der Waals surface area contributed by atoms with Crippen LogP contribution in [0.15, 0.2) is 83.8 Å². The van der Waals surface area contributed by atoms with Gasteiger partial charge in [-0.25, -0.2) is 8.42 Å². The summed E-state index contributed by atoms with van der Waals surface area (Å²) in [5.41, 5.74) is 1.10. The molecule has 0 heterocycles. The number of nitrogens with zero attached hydrogens (tertiary/aromatic N) is 2. The van der Waals surface area contributed by atoms with E-state index in [1.54, 1.807) is 74.7 Å². The Labute approximate surface area is 244 Å². The first-order chi connectivity index (χ1) is 18.6. The van der Waals surface area contributed by atoms with Crippen molar-refractivity contribution in [2.75, 3.05) is 18.0 Å². The Kier molecular flexibility index (Phi) is 10.8. The van der Waals surface area contributed by atoms with E-state index in [-0.39, 0.29) is 23.4 Å². The van der Waals surface area contributed by atoms with Gasteiger partial charge in [-0.15, -0.1) is 0 Å². The van der Waals surface area contributed by atoms with Crippen LogP contribution in [-0.2, 0) is 26.2 Å².